The third kappa shape index (κ3) is 2.36. The second-order valence-electron chi connectivity index (χ2n) is 5.35. The molecule has 0 aliphatic carbocycles. The largest absolute Gasteiger partial charge is 0.319 e. The topological polar surface area (TPSA) is 54.9 Å². The molecule has 5 heteroatoms. The molecule has 4 rings (SSSR count). The minimum atomic E-state index is -0.580. The highest BCUT2D eigenvalue weighted by Gasteiger charge is 2.15. The molecule has 2 aromatic heterocycles. The van der Waals surface area contributed by atoms with E-state index in [1.54, 1.807) is 12.3 Å². The Labute approximate surface area is 137 Å². The van der Waals surface area contributed by atoms with E-state index in [0.29, 0.717) is 11.1 Å². The Balaban J connectivity index is 1.89. The van der Waals surface area contributed by atoms with Gasteiger partial charge in [-0.2, -0.15) is 0 Å². The molecule has 0 bridgehead atoms. The first kappa shape index (κ1) is 14.3. The quantitative estimate of drug-likeness (QED) is 0.564. The van der Waals surface area contributed by atoms with Crippen LogP contribution in [0.4, 0.5) is 10.1 Å². The summed E-state index contributed by atoms with van der Waals surface area (Å²) in [4.78, 5) is 20.7. The number of hydrogen-bond acceptors (Lipinski definition) is 3. The molecule has 0 fully saturated rings. The SMILES string of the molecule is O=C(Nc1ccncc1F)c1cc2ccccc2c2cccnc12. The van der Waals surface area contributed by atoms with Gasteiger partial charge in [0.15, 0.2) is 5.82 Å². The molecule has 4 aromatic rings. The van der Waals surface area contributed by atoms with Gasteiger partial charge in [-0.3, -0.25) is 14.8 Å². The van der Waals surface area contributed by atoms with Gasteiger partial charge in [0, 0.05) is 17.8 Å². The van der Waals surface area contributed by atoms with Crippen LogP contribution in [0.25, 0.3) is 21.7 Å². The molecule has 1 N–H and O–H groups in total. The third-order valence-corrected chi connectivity index (χ3v) is 3.88. The lowest BCUT2D eigenvalue weighted by Gasteiger charge is -2.10. The predicted molar refractivity (Wildman–Crippen MR) is 91.4 cm³/mol. The van der Waals surface area contributed by atoms with Crippen molar-refractivity contribution in [1.29, 1.82) is 0 Å². The average molecular weight is 317 g/mol. The Morgan fingerprint density at radius 2 is 1.83 bits per heavy atom. The zero-order valence-electron chi connectivity index (χ0n) is 12.5. The molecular weight excluding hydrogens is 305 g/mol. The maximum Gasteiger partial charge on any atom is 0.257 e. The van der Waals surface area contributed by atoms with Gasteiger partial charge in [0.1, 0.15) is 0 Å². The zero-order valence-corrected chi connectivity index (χ0v) is 12.5. The Morgan fingerprint density at radius 1 is 1.00 bits per heavy atom. The highest BCUT2D eigenvalue weighted by molar-refractivity contribution is 6.18. The minimum absolute atomic E-state index is 0.0900. The van der Waals surface area contributed by atoms with Crippen molar-refractivity contribution >= 4 is 33.3 Å². The molecule has 0 atom stereocenters. The molecule has 2 aromatic carbocycles. The van der Waals surface area contributed by atoms with Crippen LogP contribution in [-0.4, -0.2) is 15.9 Å². The smallest absolute Gasteiger partial charge is 0.257 e. The molecule has 0 aliphatic heterocycles. The molecular formula is C19H12FN3O. The van der Waals surface area contributed by atoms with Gasteiger partial charge in [-0.1, -0.05) is 30.3 Å². The second kappa shape index (κ2) is 5.70. The normalized spacial score (nSPS) is 10.9. The second-order valence-corrected chi connectivity index (χ2v) is 5.35. The van der Waals surface area contributed by atoms with Gasteiger partial charge in [0.25, 0.3) is 5.91 Å². The molecule has 0 spiro atoms. The first-order valence-electron chi connectivity index (χ1n) is 7.41. The summed E-state index contributed by atoms with van der Waals surface area (Å²) in [5.74, 6) is -0.988. The molecule has 2 heterocycles. The number of halogens is 1. The van der Waals surface area contributed by atoms with E-state index < -0.39 is 11.7 Å². The molecule has 0 radical (unpaired) electrons. The number of benzene rings is 2. The summed E-state index contributed by atoms with van der Waals surface area (Å²) in [6.45, 7) is 0. The third-order valence-electron chi connectivity index (χ3n) is 3.88. The number of amides is 1. The Hall–Kier alpha value is -3.34. The average Bonchev–Trinajstić information content (AvgIpc) is 2.63. The van der Waals surface area contributed by atoms with Crippen LogP contribution in [0, 0.1) is 5.82 Å². The summed E-state index contributed by atoms with van der Waals surface area (Å²) in [6, 6.07) is 14.7. The van der Waals surface area contributed by atoms with E-state index >= 15 is 0 Å². The number of aromatic nitrogens is 2. The molecule has 24 heavy (non-hydrogen) atoms. The lowest BCUT2D eigenvalue weighted by atomic mass is 10.0. The standard InChI is InChI=1S/C19H12FN3O/c20-16-11-21-9-7-17(16)23-19(24)15-10-12-4-1-2-5-13(12)14-6-3-8-22-18(14)15/h1-11H,(H,21,23,24). The van der Waals surface area contributed by atoms with Crippen LogP contribution in [0.15, 0.2) is 67.1 Å². The van der Waals surface area contributed by atoms with Crippen LogP contribution in [0.2, 0.25) is 0 Å². The number of nitrogens with zero attached hydrogens (tertiary/aromatic N) is 2. The molecule has 4 nitrogen and oxygen atoms in total. The van der Waals surface area contributed by atoms with Gasteiger partial charge in [-0.15, -0.1) is 0 Å². The summed E-state index contributed by atoms with van der Waals surface area (Å²) in [7, 11) is 0. The summed E-state index contributed by atoms with van der Waals surface area (Å²) >= 11 is 0. The lowest BCUT2D eigenvalue weighted by molar-refractivity contribution is 0.102. The van der Waals surface area contributed by atoms with Crippen molar-refractivity contribution in [3.05, 3.63) is 78.5 Å². The minimum Gasteiger partial charge on any atom is -0.319 e. The van der Waals surface area contributed by atoms with Crippen LogP contribution < -0.4 is 5.32 Å². The predicted octanol–water partition coefficient (Wildman–Crippen LogP) is 4.17. The Bertz CT molecular complexity index is 1080. The van der Waals surface area contributed by atoms with E-state index in [9.17, 15) is 9.18 Å². The first-order chi connectivity index (χ1) is 11.7. The van der Waals surface area contributed by atoms with Gasteiger partial charge in [0.2, 0.25) is 0 Å². The summed E-state index contributed by atoms with van der Waals surface area (Å²) in [5, 5.41) is 5.42. The van der Waals surface area contributed by atoms with E-state index in [2.05, 4.69) is 15.3 Å². The van der Waals surface area contributed by atoms with E-state index in [0.717, 1.165) is 22.4 Å². The lowest BCUT2D eigenvalue weighted by Crippen LogP contribution is -2.14. The van der Waals surface area contributed by atoms with Crippen molar-refractivity contribution in [2.45, 2.75) is 0 Å². The number of rotatable bonds is 2. The number of carbonyl (C=O) groups excluding carboxylic acids is 1. The number of nitrogens with one attached hydrogen (secondary N) is 1. The van der Waals surface area contributed by atoms with Crippen LogP contribution >= 0.6 is 0 Å². The Kier molecular flexibility index (Phi) is 3.39. The van der Waals surface area contributed by atoms with E-state index in [-0.39, 0.29) is 5.69 Å². The van der Waals surface area contributed by atoms with Gasteiger partial charge in [-0.05, 0) is 29.0 Å². The van der Waals surface area contributed by atoms with Gasteiger partial charge >= 0.3 is 0 Å². The number of carbonyl (C=O) groups is 1. The first-order valence-corrected chi connectivity index (χ1v) is 7.41. The van der Waals surface area contributed by atoms with Crippen LogP contribution in [-0.2, 0) is 0 Å². The van der Waals surface area contributed by atoms with Gasteiger partial charge in [0.05, 0.1) is 23.0 Å². The van der Waals surface area contributed by atoms with Crippen LogP contribution in [0.3, 0.4) is 0 Å². The summed E-state index contributed by atoms with van der Waals surface area (Å²) in [6.07, 6.45) is 4.13. The maximum absolute atomic E-state index is 13.7. The fourth-order valence-corrected chi connectivity index (χ4v) is 2.77. The highest BCUT2D eigenvalue weighted by Crippen LogP contribution is 2.28. The maximum atomic E-state index is 13.7. The number of anilines is 1. The van der Waals surface area contributed by atoms with Crippen molar-refractivity contribution in [2.75, 3.05) is 5.32 Å². The van der Waals surface area contributed by atoms with E-state index in [1.807, 2.05) is 36.4 Å². The van der Waals surface area contributed by atoms with E-state index in [1.165, 1.54) is 12.3 Å². The zero-order chi connectivity index (χ0) is 16.5. The number of fused-ring (bicyclic) bond motifs is 3. The van der Waals surface area contributed by atoms with Crippen molar-refractivity contribution in [3.63, 3.8) is 0 Å². The summed E-state index contributed by atoms with van der Waals surface area (Å²) < 4.78 is 13.7. The molecule has 0 saturated carbocycles. The van der Waals surface area contributed by atoms with Crippen LogP contribution in [0.5, 0.6) is 0 Å². The van der Waals surface area contributed by atoms with E-state index in [4.69, 9.17) is 0 Å². The summed E-state index contributed by atoms with van der Waals surface area (Å²) in [5.41, 5.74) is 1.08. The van der Waals surface area contributed by atoms with Gasteiger partial charge < -0.3 is 5.32 Å². The van der Waals surface area contributed by atoms with Crippen LogP contribution in [0.1, 0.15) is 10.4 Å². The van der Waals surface area contributed by atoms with Crippen molar-refractivity contribution in [1.82, 2.24) is 9.97 Å². The highest BCUT2D eigenvalue weighted by atomic mass is 19.1. The molecule has 0 aliphatic rings. The van der Waals surface area contributed by atoms with Crippen molar-refractivity contribution in [3.8, 4) is 0 Å². The monoisotopic (exact) mass is 317 g/mol. The molecule has 116 valence electrons. The molecule has 0 saturated heterocycles. The molecule has 1 amide bonds. The number of pyridine rings is 2. The number of hydrogen-bond donors (Lipinski definition) is 1. The fraction of sp³-hybridized carbons (Fsp3) is 0. The van der Waals surface area contributed by atoms with Gasteiger partial charge in [-0.25, -0.2) is 4.39 Å². The molecule has 0 unspecified atom stereocenters. The van der Waals surface area contributed by atoms with Crippen molar-refractivity contribution < 1.29 is 9.18 Å². The Morgan fingerprint density at radius 3 is 2.71 bits per heavy atom. The fourth-order valence-electron chi connectivity index (χ4n) is 2.77. The van der Waals surface area contributed by atoms with Crippen molar-refractivity contribution in [2.24, 2.45) is 0 Å².